The first-order chi connectivity index (χ1) is 16.2. The fraction of sp³-hybridized carbons (Fsp3) is 0.286. The summed E-state index contributed by atoms with van der Waals surface area (Å²) in [4.78, 5) is 25.4. The zero-order chi connectivity index (χ0) is 26.2. The van der Waals surface area contributed by atoms with Gasteiger partial charge in [0.15, 0.2) is 11.9 Å². The highest BCUT2D eigenvalue weighted by atomic mass is 35.5. The van der Waals surface area contributed by atoms with Gasteiger partial charge in [-0.25, -0.2) is 9.18 Å². The van der Waals surface area contributed by atoms with Crippen LogP contribution in [-0.4, -0.2) is 37.6 Å². The zero-order valence-corrected chi connectivity index (χ0v) is 19.8. The first kappa shape index (κ1) is 26.5. The van der Waals surface area contributed by atoms with Crippen molar-refractivity contribution in [1.82, 2.24) is 14.3 Å². The number of benzene rings is 2. The number of carbonyl (C=O) groups excluding carboxylic acids is 1. The molecule has 0 aliphatic rings. The molecular formula is C21H18Cl2F4N4O4. The Hall–Kier alpha value is -3.09. The van der Waals surface area contributed by atoms with Crippen molar-refractivity contribution in [3.8, 4) is 11.4 Å². The fourth-order valence-corrected chi connectivity index (χ4v) is 3.50. The standard InChI is InChI=1S/C21H18Cl2F4N4O4/c1-9(32)18-29-31(20(34)30(18)3)15-8-16(35-10(2)21(25,26)27)11(7-14(15)24)19(33)28-17-12(22)5-4-6-13(17)23/h4-10,32H,1-3H3,(H,28,33). The smallest absolute Gasteiger partial charge is 0.425 e. The number of nitrogens with one attached hydrogen (secondary N) is 1. The second-order valence-electron chi connectivity index (χ2n) is 7.44. The van der Waals surface area contributed by atoms with Crippen LogP contribution in [0.2, 0.25) is 10.0 Å². The number of aromatic nitrogens is 3. The van der Waals surface area contributed by atoms with Gasteiger partial charge in [0.1, 0.15) is 23.4 Å². The van der Waals surface area contributed by atoms with Gasteiger partial charge in [-0.15, -0.1) is 5.10 Å². The van der Waals surface area contributed by atoms with Gasteiger partial charge in [0.2, 0.25) is 0 Å². The van der Waals surface area contributed by atoms with Gasteiger partial charge in [0, 0.05) is 13.1 Å². The number of nitrogens with zero attached hydrogens (tertiary/aromatic N) is 3. The minimum Gasteiger partial charge on any atom is -0.480 e. The second-order valence-corrected chi connectivity index (χ2v) is 8.25. The SMILES string of the molecule is CC(O)c1nn(-c2cc(OC(C)C(F)(F)F)c(C(=O)Nc3c(Cl)cccc3Cl)cc2F)c(=O)n1C. The van der Waals surface area contributed by atoms with E-state index in [1.807, 2.05) is 0 Å². The van der Waals surface area contributed by atoms with Crippen molar-refractivity contribution in [1.29, 1.82) is 0 Å². The molecule has 8 nitrogen and oxygen atoms in total. The van der Waals surface area contributed by atoms with Crippen LogP contribution in [0.25, 0.3) is 5.69 Å². The van der Waals surface area contributed by atoms with E-state index in [9.17, 15) is 27.9 Å². The van der Waals surface area contributed by atoms with Crippen LogP contribution >= 0.6 is 23.2 Å². The third-order valence-electron chi connectivity index (χ3n) is 4.88. The summed E-state index contributed by atoms with van der Waals surface area (Å²) < 4.78 is 61.1. The molecule has 188 valence electrons. The summed E-state index contributed by atoms with van der Waals surface area (Å²) in [5, 5.41) is 16.0. The predicted octanol–water partition coefficient (Wildman–Crippen LogP) is 4.65. The van der Waals surface area contributed by atoms with Crippen molar-refractivity contribution >= 4 is 34.8 Å². The zero-order valence-electron chi connectivity index (χ0n) is 18.3. The number of halogens is 6. The van der Waals surface area contributed by atoms with Crippen LogP contribution in [0.5, 0.6) is 5.75 Å². The van der Waals surface area contributed by atoms with Crippen molar-refractivity contribution in [2.24, 2.45) is 7.05 Å². The molecule has 2 aromatic carbocycles. The number of amides is 1. The van der Waals surface area contributed by atoms with Gasteiger partial charge in [-0.1, -0.05) is 29.3 Å². The number of hydrogen-bond donors (Lipinski definition) is 2. The lowest BCUT2D eigenvalue weighted by atomic mass is 10.1. The molecule has 0 radical (unpaired) electrons. The van der Waals surface area contributed by atoms with E-state index >= 15 is 4.39 Å². The minimum atomic E-state index is -4.82. The summed E-state index contributed by atoms with van der Waals surface area (Å²) in [7, 11) is 1.27. The number of anilines is 1. The molecule has 14 heteroatoms. The molecule has 35 heavy (non-hydrogen) atoms. The Balaban J connectivity index is 2.16. The van der Waals surface area contributed by atoms with E-state index in [0.29, 0.717) is 17.7 Å². The number of ether oxygens (including phenoxy) is 1. The van der Waals surface area contributed by atoms with Gasteiger partial charge in [0.05, 0.1) is 21.3 Å². The molecule has 3 aromatic rings. The first-order valence-electron chi connectivity index (χ1n) is 9.89. The maximum atomic E-state index is 15.1. The van der Waals surface area contributed by atoms with E-state index in [1.54, 1.807) is 0 Å². The number of rotatable bonds is 6. The lowest BCUT2D eigenvalue weighted by Crippen LogP contribution is -2.32. The molecule has 0 saturated carbocycles. The van der Waals surface area contributed by atoms with E-state index in [0.717, 1.165) is 10.6 Å². The van der Waals surface area contributed by atoms with Crippen LogP contribution in [0, 0.1) is 5.82 Å². The third kappa shape index (κ3) is 5.44. The summed E-state index contributed by atoms with van der Waals surface area (Å²) >= 11 is 12.0. The lowest BCUT2D eigenvalue weighted by molar-refractivity contribution is -0.189. The Morgan fingerprint density at radius 3 is 2.31 bits per heavy atom. The second kappa shape index (κ2) is 9.88. The van der Waals surface area contributed by atoms with Crippen LogP contribution < -0.4 is 15.7 Å². The molecule has 2 unspecified atom stereocenters. The molecule has 0 aliphatic carbocycles. The van der Waals surface area contributed by atoms with Crippen molar-refractivity contribution in [2.45, 2.75) is 32.2 Å². The molecule has 0 spiro atoms. The van der Waals surface area contributed by atoms with Crippen molar-refractivity contribution in [3.05, 3.63) is 68.1 Å². The van der Waals surface area contributed by atoms with Crippen LogP contribution in [0.3, 0.4) is 0 Å². The maximum Gasteiger partial charge on any atom is 0.425 e. The largest absolute Gasteiger partial charge is 0.480 e. The molecule has 1 amide bonds. The highest BCUT2D eigenvalue weighted by Crippen LogP contribution is 2.34. The van der Waals surface area contributed by atoms with Gasteiger partial charge in [0.25, 0.3) is 5.91 Å². The number of hydrogen-bond acceptors (Lipinski definition) is 5. The lowest BCUT2D eigenvalue weighted by Gasteiger charge is -2.20. The van der Waals surface area contributed by atoms with E-state index in [1.165, 1.54) is 32.2 Å². The molecule has 3 rings (SSSR count). The van der Waals surface area contributed by atoms with Gasteiger partial charge < -0.3 is 15.2 Å². The molecule has 0 saturated heterocycles. The van der Waals surface area contributed by atoms with E-state index < -0.39 is 52.8 Å². The molecular weight excluding hydrogens is 519 g/mol. The molecule has 0 bridgehead atoms. The van der Waals surface area contributed by atoms with Crippen LogP contribution in [0.1, 0.15) is 36.1 Å². The quantitative estimate of drug-likeness (QED) is 0.447. The number of carbonyl (C=O) groups is 1. The van der Waals surface area contributed by atoms with Crippen LogP contribution in [0.4, 0.5) is 23.2 Å². The number of para-hydroxylation sites is 1. The summed E-state index contributed by atoms with van der Waals surface area (Å²) in [5.74, 6) is -3.07. The summed E-state index contributed by atoms with van der Waals surface area (Å²) in [6.07, 6.45) is -8.43. The van der Waals surface area contributed by atoms with E-state index in [2.05, 4.69) is 10.4 Å². The predicted molar refractivity (Wildman–Crippen MR) is 120 cm³/mol. The summed E-state index contributed by atoms with van der Waals surface area (Å²) in [5.41, 5.74) is -2.18. The Morgan fingerprint density at radius 1 is 1.20 bits per heavy atom. The van der Waals surface area contributed by atoms with Gasteiger partial charge in [-0.2, -0.15) is 17.9 Å². The number of aliphatic hydroxyl groups is 1. The summed E-state index contributed by atoms with van der Waals surface area (Å²) in [6, 6.07) is 5.64. The van der Waals surface area contributed by atoms with Crippen molar-refractivity contribution in [2.75, 3.05) is 5.32 Å². The molecule has 1 heterocycles. The Kier molecular flexibility index (Phi) is 7.48. The summed E-state index contributed by atoms with van der Waals surface area (Å²) in [6.45, 7) is 2.00. The third-order valence-corrected chi connectivity index (χ3v) is 5.51. The molecule has 1 aromatic heterocycles. The van der Waals surface area contributed by atoms with Crippen LogP contribution in [0.15, 0.2) is 35.1 Å². The first-order valence-corrected chi connectivity index (χ1v) is 10.6. The average Bonchev–Trinajstić information content (AvgIpc) is 3.05. The van der Waals surface area contributed by atoms with Gasteiger partial charge in [-0.3, -0.25) is 9.36 Å². The topological polar surface area (TPSA) is 98.4 Å². The average molecular weight is 537 g/mol. The molecule has 2 N–H and O–H groups in total. The Bertz CT molecular complexity index is 1320. The highest BCUT2D eigenvalue weighted by molar-refractivity contribution is 6.40. The number of alkyl halides is 3. The number of aliphatic hydroxyl groups excluding tert-OH is 1. The Labute approximate surface area is 205 Å². The highest BCUT2D eigenvalue weighted by Gasteiger charge is 2.39. The normalized spacial score (nSPS) is 13.4. The van der Waals surface area contributed by atoms with E-state index in [4.69, 9.17) is 27.9 Å². The fourth-order valence-electron chi connectivity index (χ4n) is 3.01. The molecule has 0 aliphatic heterocycles. The molecule has 2 atom stereocenters. The monoisotopic (exact) mass is 536 g/mol. The Morgan fingerprint density at radius 2 is 1.80 bits per heavy atom. The van der Waals surface area contributed by atoms with Crippen molar-refractivity contribution < 1.29 is 32.2 Å². The van der Waals surface area contributed by atoms with E-state index in [-0.39, 0.29) is 21.6 Å². The van der Waals surface area contributed by atoms with Crippen LogP contribution in [-0.2, 0) is 7.05 Å². The van der Waals surface area contributed by atoms with Gasteiger partial charge in [-0.05, 0) is 32.0 Å². The van der Waals surface area contributed by atoms with Crippen molar-refractivity contribution in [3.63, 3.8) is 0 Å². The minimum absolute atomic E-state index is 0.0276. The molecule has 0 fully saturated rings. The maximum absolute atomic E-state index is 15.1. The van der Waals surface area contributed by atoms with Gasteiger partial charge >= 0.3 is 11.9 Å².